The van der Waals surface area contributed by atoms with Gasteiger partial charge in [-0.25, -0.2) is 4.98 Å². The summed E-state index contributed by atoms with van der Waals surface area (Å²) in [5.74, 6) is 1.67. The predicted octanol–water partition coefficient (Wildman–Crippen LogP) is 2.91. The molecule has 4 aromatic rings. The fraction of sp³-hybridized carbons (Fsp3) is 0.105. The van der Waals surface area contributed by atoms with E-state index in [1.165, 1.54) is 11.3 Å². The number of ether oxygens (including phenoxy) is 2. The van der Waals surface area contributed by atoms with Crippen molar-refractivity contribution in [1.82, 2.24) is 25.4 Å². The summed E-state index contributed by atoms with van der Waals surface area (Å²) in [6.45, 7) is 0.567. The molecule has 1 aliphatic rings. The Hall–Kier alpha value is -3.79. The zero-order valence-electron chi connectivity index (χ0n) is 14.9. The lowest BCUT2D eigenvalue weighted by Crippen LogP contribution is -2.22. The molecule has 1 amide bonds. The third-order valence-electron chi connectivity index (χ3n) is 4.15. The first kappa shape index (κ1) is 17.3. The normalized spacial score (nSPS) is 12.1. The van der Waals surface area contributed by atoms with Gasteiger partial charge in [0.2, 0.25) is 12.6 Å². The lowest BCUT2D eigenvalue weighted by Gasteiger charge is -2.01. The van der Waals surface area contributed by atoms with Crippen molar-refractivity contribution < 1.29 is 18.8 Å². The maximum Gasteiger partial charge on any atom is 0.280 e. The highest BCUT2D eigenvalue weighted by Crippen LogP contribution is 2.35. The maximum atomic E-state index is 12.3. The highest BCUT2D eigenvalue weighted by Gasteiger charge is 2.19. The summed E-state index contributed by atoms with van der Waals surface area (Å²) < 4.78 is 16.0. The third-order valence-corrected chi connectivity index (χ3v) is 4.99. The summed E-state index contributed by atoms with van der Waals surface area (Å²) in [6.07, 6.45) is 3.38. The van der Waals surface area contributed by atoms with Gasteiger partial charge in [0.05, 0.1) is 0 Å². The molecule has 4 heterocycles. The standard InChI is InChI=1S/C19H13N5O4S/c25-17(21-8-11-2-1-5-20-7-11)19-22-13(9-29-19)18-23-16(24-28-18)12-3-4-14-15(6-12)27-10-26-14/h1-7,9H,8,10H2,(H,21,25). The Balaban J connectivity index is 1.30. The van der Waals surface area contributed by atoms with Gasteiger partial charge in [-0.1, -0.05) is 11.2 Å². The minimum absolute atomic E-state index is 0.195. The first-order chi connectivity index (χ1) is 14.3. The minimum atomic E-state index is -0.277. The zero-order valence-corrected chi connectivity index (χ0v) is 15.7. The van der Waals surface area contributed by atoms with E-state index in [0.29, 0.717) is 34.6 Å². The monoisotopic (exact) mass is 407 g/mol. The van der Waals surface area contributed by atoms with Crippen molar-refractivity contribution in [3.63, 3.8) is 0 Å². The number of aromatic nitrogens is 4. The molecule has 3 aromatic heterocycles. The van der Waals surface area contributed by atoms with Crippen molar-refractivity contribution in [2.45, 2.75) is 6.54 Å². The minimum Gasteiger partial charge on any atom is -0.454 e. The molecule has 0 saturated carbocycles. The molecular weight excluding hydrogens is 394 g/mol. The summed E-state index contributed by atoms with van der Waals surface area (Å²) in [5.41, 5.74) is 2.08. The van der Waals surface area contributed by atoms with Crippen molar-refractivity contribution in [3.05, 3.63) is 58.7 Å². The molecule has 0 bridgehead atoms. The number of hydrogen-bond acceptors (Lipinski definition) is 9. The van der Waals surface area contributed by atoms with Gasteiger partial charge in [-0.2, -0.15) is 4.98 Å². The van der Waals surface area contributed by atoms with E-state index in [-0.39, 0.29) is 18.6 Å². The number of pyridine rings is 1. The molecule has 144 valence electrons. The molecule has 0 atom stereocenters. The van der Waals surface area contributed by atoms with Crippen molar-refractivity contribution in [1.29, 1.82) is 0 Å². The number of thiazole rings is 1. The molecule has 0 radical (unpaired) electrons. The zero-order chi connectivity index (χ0) is 19.6. The molecule has 1 N–H and O–H groups in total. The van der Waals surface area contributed by atoms with Crippen LogP contribution in [0.4, 0.5) is 0 Å². The van der Waals surface area contributed by atoms with Crippen LogP contribution in [0.15, 0.2) is 52.6 Å². The van der Waals surface area contributed by atoms with Crippen molar-refractivity contribution in [2.24, 2.45) is 0 Å². The molecule has 29 heavy (non-hydrogen) atoms. The van der Waals surface area contributed by atoms with Crippen LogP contribution in [0.1, 0.15) is 15.4 Å². The van der Waals surface area contributed by atoms with Crippen LogP contribution in [0.5, 0.6) is 11.5 Å². The Kier molecular flexibility index (Phi) is 4.37. The van der Waals surface area contributed by atoms with Crippen LogP contribution in [0.2, 0.25) is 0 Å². The molecule has 0 fully saturated rings. The molecule has 0 aliphatic carbocycles. The van der Waals surface area contributed by atoms with Gasteiger partial charge in [0, 0.05) is 29.9 Å². The van der Waals surface area contributed by atoms with Crippen LogP contribution in [0, 0.1) is 0 Å². The summed E-state index contributed by atoms with van der Waals surface area (Å²) >= 11 is 1.21. The quantitative estimate of drug-likeness (QED) is 0.537. The molecule has 0 spiro atoms. The van der Waals surface area contributed by atoms with Crippen LogP contribution >= 0.6 is 11.3 Å². The summed E-state index contributed by atoms with van der Waals surface area (Å²) in [4.78, 5) is 25.0. The third kappa shape index (κ3) is 3.52. The Bertz CT molecular complexity index is 1170. The molecule has 9 nitrogen and oxygen atoms in total. The number of hydrogen-bond donors (Lipinski definition) is 1. The van der Waals surface area contributed by atoms with Gasteiger partial charge >= 0.3 is 0 Å². The second-order valence-electron chi connectivity index (χ2n) is 6.07. The SMILES string of the molecule is O=C(NCc1cccnc1)c1nc(-c2nc(-c3ccc4c(c3)OCO4)no2)cs1. The van der Waals surface area contributed by atoms with Gasteiger partial charge in [0.25, 0.3) is 11.8 Å². The number of nitrogens with zero attached hydrogens (tertiary/aromatic N) is 4. The van der Waals surface area contributed by atoms with Gasteiger partial charge in [-0.05, 0) is 29.8 Å². The first-order valence-electron chi connectivity index (χ1n) is 8.63. The highest BCUT2D eigenvalue weighted by atomic mass is 32.1. The summed E-state index contributed by atoms with van der Waals surface area (Å²) in [5, 5.41) is 8.82. The van der Waals surface area contributed by atoms with Gasteiger partial charge in [0.15, 0.2) is 16.5 Å². The molecule has 10 heteroatoms. The highest BCUT2D eigenvalue weighted by molar-refractivity contribution is 7.12. The molecular formula is C19H13N5O4S. The van der Waals surface area contributed by atoms with E-state index in [4.69, 9.17) is 14.0 Å². The molecule has 5 rings (SSSR count). The van der Waals surface area contributed by atoms with E-state index in [9.17, 15) is 4.79 Å². The number of benzene rings is 1. The molecule has 1 aromatic carbocycles. The van der Waals surface area contributed by atoms with Crippen molar-refractivity contribution in [2.75, 3.05) is 6.79 Å². The topological polar surface area (TPSA) is 112 Å². The Morgan fingerprint density at radius 3 is 3.00 bits per heavy atom. The molecule has 0 saturated heterocycles. The Morgan fingerprint density at radius 2 is 2.10 bits per heavy atom. The smallest absolute Gasteiger partial charge is 0.280 e. The number of nitrogens with one attached hydrogen (secondary N) is 1. The Labute approximate surface area is 168 Å². The number of rotatable bonds is 5. The van der Waals surface area contributed by atoms with Gasteiger partial charge in [0.1, 0.15) is 5.69 Å². The predicted molar refractivity (Wildman–Crippen MR) is 102 cm³/mol. The van der Waals surface area contributed by atoms with E-state index in [0.717, 1.165) is 11.1 Å². The second-order valence-corrected chi connectivity index (χ2v) is 6.93. The average Bonchev–Trinajstić information content (AvgIpc) is 3.52. The largest absolute Gasteiger partial charge is 0.454 e. The van der Waals surface area contributed by atoms with Crippen LogP contribution in [0.3, 0.4) is 0 Å². The molecule has 1 aliphatic heterocycles. The lowest BCUT2D eigenvalue weighted by atomic mass is 10.2. The summed E-state index contributed by atoms with van der Waals surface area (Å²) in [6, 6.07) is 9.10. The first-order valence-corrected chi connectivity index (χ1v) is 9.51. The van der Waals surface area contributed by atoms with E-state index in [1.54, 1.807) is 29.9 Å². The number of fused-ring (bicyclic) bond motifs is 1. The second kappa shape index (κ2) is 7.32. The molecule has 0 unspecified atom stereocenters. The number of carbonyl (C=O) groups is 1. The van der Waals surface area contributed by atoms with Crippen LogP contribution in [-0.4, -0.2) is 32.8 Å². The van der Waals surface area contributed by atoms with E-state index in [2.05, 4.69) is 25.4 Å². The number of amides is 1. The van der Waals surface area contributed by atoms with E-state index in [1.807, 2.05) is 18.2 Å². The van der Waals surface area contributed by atoms with Gasteiger partial charge in [-0.15, -0.1) is 11.3 Å². The fourth-order valence-corrected chi connectivity index (χ4v) is 3.42. The van der Waals surface area contributed by atoms with Gasteiger partial charge in [-0.3, -0.25) is 9.78 Å². The Morgan fingerprint density at radius 1 is 1.17 bits per heavy atom. The lowest BCUT2D eigenvalue weighted by molar-refractivity contribution is 0.0950. The fourth-order valence-electron chi connectivity index (χ4n) is 2.72. The van der Waals surface area contributed by atoms with Crippen molar-refractivity contribution in [3.8, 4) is 34.5 Å². The van der Waals surface area contributed by atoms with Crippen LogP contribution in [0.25, 0.3) is 23.0 Å². The number of carbonyl (C=O) groups excluding carboxylic acids is 1. The maximum absolute atomic E-state index is 12.3. The van der Waals surface area contributed by atoms with E-state index >= 15 is 0 Å². The van der Waals surface area contributed by atoms with Crippen LogP contribution in [-0.2, 0) is 6.54 Å². The summed E-state index contributed by atoms with van der Waals surface area (Å²) in [7, 11) is 0. The van der Waals surface area contributed by atoms with E-state index < -0.39 is 0 Å². The van der Waals surface area contributed by atoms with Crippen molar-refractivity contribution >= 4 is 17.2 Å². The average molecular weight is 407 g/mol. The van der Waals surface area contributed by atoms with Crippen LogP contribution < -0.4 is 14.8 Å². The van der Waals surface area contributed by atoms with Gasteiger partial charge < -0.3 is 19.3 Å².